The van der Waals surface area contributed by atoms with Crippen molar-refractivity contribution in [1.29, 1.82) is 0 Å². The number of furan rings is 1. The molecule has 1 aromatic rings. The van der Waals surface area contributed by atoms with Crippen LogP contribution in [0.1, 0.15) is 51.3 Å². The minimum absolute atomic E-state index is 0. The summed E-state index contributed by atoms with van der Waals surface area (Å²) in [6.45, 7) is 13.0. The zero-order chi connectivity index (χ0) is 18.9. The van der Waals surface area contributed by atoms with E-state index >= 15 is 0 Å². The van der Waals surface area contributed by atoms with E-state index in [1.165, 1.54) is 45.3 Å². The first-order chi connectivity index (χ1) is 13.3. The van der Waals surface area contributed by atoms with Gasteiger partial charge in [0.2, 0.25) is 0 Å². The number of nitrogens with one attached hydrogen (secondary N) is 2. The van der Waals surface area contributed by atoms with Crippen LogP contribution in [-0.2, 0) is 0 Å². The van der Waals surface area contributed by atoms with Gasteiger partial charge in [-0.2, -0.15) is 0 Å². The number of hydrogen-bond acceptors (Lipinski definition) is 4. The summed E-state index contributed by atoms with van der Waals surface area (Å²) in [5, 5.41) is 6.99. The first kappa shape index (κ1) is 23.5. The topological polar surface area (TPSA) is 56.0 Å². The SMILES string of the molecule is CCCN1CCC(CNC(=NCC(c2ccco2)N2CCCC2)NCC)C1.I. The molecule has 0 bridgehead atoms. The number of guanidine groups is 1. The number of rotatable bonds is 9. The second-order valence-corrected chi connectivity index (χ2v) is 7.83. The summed E-state index contributed by atoms with van der Waals surface area (Å²) in [6, 6.07) is 4.30. The monoisotopic (exact) mass is 503 g/mol. The van der Waals surface area contributed by atoms with E-state index in [-0.39, 0.29) is 30.0 Å². The lowest BCUT2D eigenvalue weighted by atomic mass is 10.1. The molecular weight excluding hydrogens is 465 g/mol. The van der Waals surface area contributed by atoms with Gasteiger partial charge in [-0.05, 0) is 76.8 Å². The summed E-state index contributed by atoms with van der Waals surface area (Å²) >= 11 is 0. The lowest BCUT2D eigenvalue weighted by Gasteiger charge is -2.25. The van der Waals surface area contributed by atoms with Crippen molar-refractivity contribution in [3.8, 4) is 0 Å². The van der Waals surface area contributed by atoms with Gasteiger partial charge in [-0.25, -0.2) is 0 Å². The molecule has 2 saturated heterocycles. The maximum Gasteiger partial charge on any atom is 0.191 e. The minimum Gasteiger partial charge on any atom is -0.468 e. The van der Waals surface area contributed by atoms with E-state index in [0.717, 1.165) is 50.4 Å². The molecule has 2 atom stereocenters. The normalized spacial score (nSPS) is 22.2. The van der Waals surface area contributed by atoms with Crippen molar-refractivity contribution in [2.24, 2.45) is 10.9 Å². The number of halogens is 1. The van der Waals surface area contributed by atoms with Gasteiger partial charge in [-0.15, -0.1) is 24.0 Å². The molecule has 28 heavy (non-hydrogen) atoms. The fourth-order valence-electron chi connectivity index (χ4n) is 4.28. The van der Waals surface area contributed by atoms with Crippen molar-refractivity contribution in [3.63, 3.8) is 0 Å². The van der Waals surface area contributed by atoms with Gasteiger partial charge in [-0.3, -0.25) is 9.89 Å². The zero-order valence-corrected chi connectivity index (χ0v) is 19.9. The number of nitrogens with zero attached hydrogens (tertiary/aromatic N) is 3. The third-order valence-corrected chi connectivity index (χ3v) is 5.69. The molecule has 1 aromatic heterocycles. The van der Waals surface area contributed by atoms with Gasteiger partial charge in [0, 0.05) is 19.6 Å². The Kier molecular flexibility index (Phi) is 10.6. The smallest absolute Gasteiger partial charge is 0.191 e. The number of hydrogen-bond donors (Lipinski definition) is 2. The van der Waals surface area contributed by atoms with Gasteiger partial charge in [0.05, 0.1) is 18.8 Å². The van der Waals surface area contributed by atoms with Crippen molar-refractivity contribution >= 4 is 29.9 Å². The Bertz CT molecular complexity index is 559. The van der Waals surface area contributed by atoms with E-state index in [1.54, 1.807) is 6.26 Å². The summed E-state index contributed by atoms with van der Waals surface area (Å²) in [6.07, 6.45) is 6.85. The van der Waals surface area contributed by atoms with Gasteiger partial charge in [0.1, 0.15) is 5.76 Å². The molecule has 0 aliphatic carbocycles. The van der Waals surface area contributed by atoms with Crippen molar-refractivity contribution in [3.05, 3.63) is 24.2 Å². The third-order valence-electron chi connectivity index (χ3n) is 5.69. The highest BCUT2D eigenvalue weighted by atomic mass is 127. The van der Waals surface area contributed by atoms with E-state index < -0.39 is 0 Å². The van der Waals surface area contributed by atoms with Crippen LogP contribution in [0.15, 0.2) is 27.8 Å². The summed E-state index contributed by atoms with van der Waals surface area (Å²) in [7, 11) is 0. The Labute approximate surface area is 187 Å². The quantitative estimate of drug-likeness (QED) is 0.308. The predicted octanol–water partition coefficient (Wildman–Crippen LogP) is 3.32. The number of likely N-dealkylation sites (tertiary alicyclic amines) is 2. The molecule has 0 saturated carbocycles. The van der Waals surface area contributed by atoms with Crippen LogP contribution in [-0.4, -0.2) is 68.1 Å². The van der Waals surface area contributed by atoms with Crippen LogP contribution in [0.5, 0.6) is 0 Å². The molecule has 0 spiro atoms. The molecule has 7 heteroatoms. The van der Waals surface area contributed by atoms with Crippen molar-refractivity contribution in [2.45, 2.75) is 45.6 Å². The maximum atomic E-state index is 5.72. The Hall–Kier alpha value is -0.800. The third kappa shape index (κ3) is 6.91. The molecular formula is C21H38IN5O. The summed E-state index contributed by atoms with van der Waals surface area (Å²) in [5.74, 6) is 2.68. The van der Waals surface area contributed by atoms with Crippen molar-refractivity contribution < 1.29 is 4.42 Å². The molecule has 2 unspecified atom stereocenters. The minimum atomic E-state index is 0. The zero-order valence-electron chi connectivity index (χ0n) is 17.5. The second-order valence-electron chi connectivity index (χ2n) is 7.83. The summed E-state index contributed by atoms with van der Waals surface area (Å²) in [5.41, 5.74) is 0. The fraction of sp³-hybridized carbons (Fsp3) is 0.762. The molecule has 2 aliphatic rings. The molecule has 0 amide bonds. The second kappa shape index (κ2) is 12.7. The van der Waals surface area contributed by atoms with Crippen LogP contribution in [0.25, 0.3) is 0 Å². The fourth-order valence-corrected chi connectivity index (χ4v) is 4.28. The van der Waals surface area contributed by atoms with Crippen LogP contribution in [0, 0.1) is 5.92 Å². The predicted molar refractivity (Wildman–Crippen MR) is 126 cm³/mol. The molecule has 3 rings (SSSR count). The van der Waals surface area contributed by atoms with Gasteiger partial charge < -0.3 is 20.0 Å². The van der Waals surface area contributed by atoms with Gasteiger partial charge in [-0.1, -0.05) is 6.92 Å². The molecule has 3 heterocycles. The van der Waals surface area contributed by atoms with E-state index in [0.29, 0.717) is 0 Å². The van der Waals surface area contributed by atoms with Gasteiger partial charge >= 0.3 is 0 Å². The average Bonchev–Trinajstić information content (AvgIpc) is 3.43. The lowest BCUT2D eigenvalue weighted by molar-refractivity contribution is 0.221. The molecule has 2 N–H and O–H groups in total. The highest BCUT2D eigenvalue weighted by Gasteiger charge is 2.26. The van der Waals surface area contributed by atoms with Crippen LogP contribution < -0.4 is 10.6 Å². The number of aliphatic imine (C=N–C) groups is 1. The first-order valence-corrected chi connectivity index (χ1v) is 10.8. The molecule has 2 fully saturated rings. The van der Waals surface area contributed by atoms with E-state index in [4.69, 9.17) is 9.41 Å². The van der Waals surface area contributed by atoms with E-state index in [9.17, 15) is 0 Å². The van der Waals surface area contributed by atoms with E-state index in [1.807, 2.05) is 6.07 Å². The van der Waals surface area contributed by atoms with Crippen LogP contribution in [0.4, 0.5) is 0 Å². The summed E-state index contributed by atoms with van der Waals surface area (Å²) in [4.78, 5) is 10.00. The highest BCUT2D eigenvalue weighted by Crippen LogP contribution is 2.25. The molecule has 0 aromatic carbocycles. The standard InChI is InChI=1S/C21H37N5O.HI/c1-3-10-25-13-9-18(17-25)15-23-21(22-4-2)24-16-19(20-8-7-14-27-20)26-11-5-6-12-26;/h7-8,14,18-19H,3-6,9-13,15-17H2,1-2H3,(H2,22,23,24);1H. The van der Waals surface area contributed by atoms with Crippen molar-refractivity contribution in [2.75, 3.05) is 52.4 Å². The molecule has 0 radical (unpaired) electrons. The molecule has 2 aliphatic heterocycles. The Morgan fingerprint density at radius 3 is 2.75 bits per heavy atom. The molecule has 6 nitrogen and oxygen atoms in total. The molecule has 160 valence electrons. The van der Waals surface area contributed by atoms with Gasteiger partial charge in [0.25, 0.3) is 0 Å². The average molecular weight is 503 g/mol. The van der Waals surface area contributed by atoms with Gasteiger partial charge in [0.15, 0.2) is 5.96 Å². The Morgan fingerprint density at radius 2 is 2.07 bits per heavy atom. The van der Waals surface area contributed by atoms with Crippen LogP contribution in [0.2, 0.25) is 0 Å². The summed E-state index contributed by atoms with van der Waals surface area (Å²) < 4.78 is 5.72. The van der Waals surface area contributed by atoms with E-state index in [2.05, 4.69) is 40.3 Å². The first-order valence-electron chi connectivity index (χ1n) is 10.8. The largest absolute Gasteiger partial charge is 0.468 e. The Morgan fingerprint density at radius 1 is 1.25 bits per heavy atom. The lowest BCUT2D eigenvalue weighted by Crippen LogP contribution is -2.41. The van der Waals surface area contributed by atoms with Crippen LogP contribution in [0.3, 0.4) is 0 Å². The van der Waals surface area contributed by atoms with Crippen molar-refractivity contribution in [1.82, 2.24) is 20.4 Å². The van der Waals surface area contributed by atoms with Crippen LogP contribution >= 0.6 is 24.0 Å². The highest BCUT2D eigenvalue weighted by molar-refractivity contribution is 14.0. The maximum absolute atomic E-state index is 5.72. The Balaban J connectivity index is 0.00000280.